The normalized spacial score (nSPS) is 11.1. The van der Waals surface area contributed by atoms with Gasteiger partial charge in [0.2, 0.25) is 0 Å². The predicted octanol–water partition coefficient (Wildman–Crippen LogP) is 11.8. The lowest BCUT2D eigenvalue weighted by Gasteiger charge is -2.04. The molecule has 0 aliphatic carbocycles. The molecule has 0 aromatic heterocycles. The summed E-state index contributed by atoms with van der Waals surface area (Å²) in [6.45, 7) is 8.77. The van der Waals surface area contributed by atoms with Gasteiger partial charge in [-0.05, 0) is 44.9 Å². The lowest BCUT2D eigenvalue weighted by Crippen LogP contribution is -1.97. The van der Waals surface area contributed by atoms with Crippen molar-refractivity contribution in [3.05, 3.63) is 12.2 Å². The summed E-state index contributed by atoms with van der Waals surface area (Å²) in [4.78, 5) is 10.3. The summed E-state index contributed by atoms with van der Waals surface area (Å²) >= 11 is 0. The molecule has 37 heavy (non-hydrogen) atoms. The molecule has 0 spiro atoms. The summed E-state index contributed by atoms with van der Waals surface area (Å²) in [5.41, 5.74) is 0. The van der Waals surface area contributed by atoms with E-state index in [2.05, 4.69) is 32.9 Å². The van der Waals surface area contributed by atoms with E-state index in [-0.39, 0.29) is 0 Å². The number of rotatable bonds is 29. The van der Waals surface area contributed by atoms with E-state index < -0.39 is 5.97 Å². The molecule has 0 aliphatic rings. The summed E-state index contributed by atoms with van der Waals surface area (Å²) in [6.07, 6.45) is 37.6. The second-order valence-electron chi connectivity index (χ2n) is 10.9. The van der Waals surface area contributed by atoms with Crippen LogP contribution in [0.2, 0.25) is 0 Å². The molecule has 0 rings (SSSR count). The van der Waals surface area contributed by atoms with Gasteiger partial charge in [0, 0.05) is 19.6 Å². The Bertz CT molecular complexity index is 419. The molecule has 3 nitrogen and oxygen atoms in total. The van der Waals surface area contributed by atoms with Gasteiger partial charge in [0.1, 0.15) is 0 Å². The average molecular weight is 525 g/mol. The van der Waals surface area contributed by atoms with Gasteiger partial charge in [0.25, 0.3) is 0 Å². The summed E-state index contributed by atoms with van der Waals surface area (Å²) in [5.74, 6) is -0.664. The van der Waals surface area contributed by atoms with Gasteiger partial charge >= 0.3 is 5.97 Å². The van der Waals surface area contributed by atoms with Crippen LogP contribution in [0.5, 0.6) is 0 Å². The summed E-state index contributed by atoms with van der Waals surface area (Å²) in [6, 6.07) is 0. The van der Waals surface area contributed by atoms with Crippen LogP contribution in [0.1, 0.15) is 188 Å². The molecule has 0 fully saturated rings. The molecular weight excluding hydrogens is 456 g/mol. The Morgan fingerprint density at radius 3 is 1.19 bits per heavy atom. The van der Waals surface area contributed by atoms with Crippen molar-refractivity contribution in [3.8, 4) is 0 Å². The fourth-order valence-corrected chi connectivity index (χ4v) is 4.42. The number of unbranched alkanes of at least 4 members (excludes halogenated alkanes) is 21. The summed E-state index contributed by atoms with van der Waals surface area (Å²) in [7, 11) is 0. The average Bonchev–Trinajstić information content (AvgIpc) is 2.89. The monoisotopic (exact) mass is 525 g/mol. The molecule has 0 amide bonds. The molecule has 3 heteroatoms. The smallest absolute Gasteiger partial charge is 0.303 e. The van der Waals surface area contributed by atoms with Gasteiger partial charge in [-0.1, -0.05) is 148 Å². The van der Waals surface area contributed by atoms with Crippen LogP contribution in [0.3, 0.4) is 0 Å². The first-order chi connectivity index (χ1) is 18.2. The maximum absolute atomic E-state index is 10.3. The molecule has 0 radical (unpaired) electrons. The van der Waals surface area contributed by atoms with Gasteiger partial charge in [-0.3, -0.25) is 4.79 Å². The number of carbonyl (C=O) groups is 1. The zero-order chi connectivity index (χ0) is 27.5. The van der Waals surface area contributed by atoms with Crippen LogP contribution in [-0.4, -0.2) is 24.3 Å². The van der Waals surface area contributed by atoms with E-state index in [4.69, 9.17) is 9.84 Å². The van der Waals surface area contributed by atoms with E-state index >= 15 is 0 Å². The van der Waals surface area contributed by atoms with Crippen molar-refractivity contribution < 1.29 is 14.6 Å². The Balaban J connectivity index is 0. The maximum Gasteiger partial charge on any atom is 0.303 e. The zero-order valence-electron chi connectivity index (χ0n) is 25.7. The second kappa shape index (κ2) is 37.3. The summed E-state index contributed by atoms with van der Waals surface area (Å²) in [5, 5.41) is 8.51. The van der Waals surface area contributed by atoms with E-state index in [1.807, 2.05) is 0 Å². The van der Waals surface area contributed by atoms with Crippen molar-refractivity contribution in [2.24, 2.45) is 0 Å². The Hall–Kier alpha value is -0.830. The first-order valence-corrected chi connectivity index (χ1v) is 16.6. The van der Waals surface area contributed by atoms with Gasteiger partial charge in [0.15, 0.2) is 0 Å². The van der Waals surface area contributed by atoms with Gasteiger partial charge in [-0.25, -0.2) is 0 Å². The molecule has 0 aliphatic heterocycles. The van der Waals surface area contributed by atoms with E-state index in [0.717, 1.165) is 26.1 Å². The van der Waals surface area contributed by atoms with Gasteiger partial charge in [-0.2, -0.15) is 0 Å². The summed E-state index contributed by atoms with van der Waals surface area (Å²) < 4.78 is 5.65. The second-order valence-corrected chi connectivity index (χ2v) is 10.9. The molecule has 1 N–H and O–H groups in total. The van der Waals surface area contributed by atoms with E-state index in [9.17, 15) is 4.79 Å². The largest absolute Gasteiger partial charge is 0.481 e. The highest BCUT2D eigenvalue weighted by atomic mass is 16.5. The van der Waals surface area contributed by atoms with Gasteiger partial charge in [0.05, 0.1) is 0 Å². The molecule has 0 aromatic carbocycles. The van der Waals surface area contributed by atoms with E-state index in [1.165, 1.54) is 148 Å². The van der Waals surface area contributed by atoms with Crippen molar-refractivity contribution in [2.45, 2.75) is 188 Å². The predicted molar refractivity (Wildman–Crippen MR) is 165 cm³/mol. The quantitative estimate of drug-likeness (QED) is 0.0781. The number of allylic oxidation sites excluding steroid dienone is 2. The van der Waals surface area contributed by atoms with Crippen LogP contribution in [0.15, 0.2) is 12.2 Å². The number of carboxylic acids is 1. The lowest BCUT2D eigenvalue weighted by atomic mass is 10.1. The van der Waals surface area contributed by atoms with Gasteiger partial charge < -0.3 is 9.84 Å². The van der Waals surface area contributed by atoms with E-state index in [1.54, 1.807) is 0 Å². The lowest BCUT2D eigenvalue weighted by molar-refractivity contribution is -0.137. The molecule has 0 saturated heterocycles. The molecular formula is C34H68O3. The Morgan fingerprint density at radius 1 is 0.486 bits per heavy atom. The highest BCUT2D eigenvalue weighted by Gasteiger charge is 1.96. The molecule has 0 atom stereocenters. The van der Waals surface area contributed by atoms with Gasteiger partial charge in [-0.15, -0.1) is 0 Å². The maximum atomic E-state index is 10.3. The van der Waals surface area contributed by atoms with Crippen LogP contribution in [0.25, 0.3) is 0 Å². The first kappa shape index (κ1) is 38.3. The minimum absolute atomic E-state index is 0.332. The van der Waals surface area contributed by atoms with Crippen molar-refractivity contribution in [1.82, 2.24) is 0 Å². The van der Waals surface area contributed by atoms with Crippen LogP contribution >= 0.6 is 0 Å². The number of aliphatic carboxylic acids is 1. The molecule has 0 heterocycles. The molecule has 222 valence electrons. The fraction of sp³-hybridized carbons (Fsp3) is 0.912. The topological polar surface area (TPSA) is 46.5 Å². The number of ether oxygens (including phenoxy) is 1. The van der Waals surface area contributed by atoms with Crippen molar-refractivity contribution in [3.63, 3.8) is 0 Å². The van der Waals surface area contributed by atoms with Crippen LogP contribution in [0.4, 0.5) is 0 Å². The highest BCUT2D eigenvalue weighted by molar-refractivity contribution is 5.66. The van der Waals surface area contributed by atoms with Crippen molar-refractivity contribution >= 4 is 5.97 Å². The fourth-order valence-electron chi connectivity index (χ4n) is 4.42. The molecule has 0 saturated carbocycles. The molecule has 0 bridgehead atoms. The van der Waals surface area contributed by atoms with Crippen LogP contribution in [-0.2, 0) is 9.53 Å². The SMILES string of the molecule is CCCCCCCC/C=C\CCCCCCCC(=O)O.CCCCCCCCOCCCCCCCC. The minimum atomic E-state index is -0.664. The third-order valence-corrected chi connectivity index (χ3v) is 6.94. The zero-order valence-corrected chi connectivity index (χ0v) is 25.7. The minimum Gasteiger partial charge on any atom is -0.481 e. The number of hydrogen-bond donors (Lipinski definition) is 1. The molecule has 0 aromatic rings. The Labute approximate surface area is 233 Å². The van der Waals surface area contributed by atoms with Crippen molar-refractivity contribution in [2.75, 3.05) is 13.2 Å². The van der Waals surface area contributed by atoms with Crippen LogP contribution < -0.4 is 0 Å². The Kier molecular flexibility index (Phi) is 38.7. The van der Waals surface area contributed by atoms with Crippen molar-refractivity contribution in [1.29, 1.82) is 0 Å². The highest BCUT2D eigenvalue weighted by Crippen LogP contribution is 2.10. The van der Waals surface area contributed by atoms with E-state index in [0.29, 0.717) is 6.42 Å². The van der Waals surface area contributed by atoms with Crippen LogP contribution in [0, 0.1) is 0 Å². The third-order valence-electron chi connectivity index (χ3n) is 6.94. The third kappa shape index (κ3) is 42.5. The number of hydrogen-bond acceptors (Lipinski definition) is 2. The Morgan fingerprint density at radius 2 is 0.811 bits per heavy atom. The number of carboxylic acid groups (broad SMARTS) is 1. The molecule has 0 unspecified atom stereocenters. The first-order valence-electron chi connectivity index (χ1n) is 16.6. The standard InChI is InChI=1S/C18H34O2.C16H34O/c1-2-3-4-5-6-7-8-9-10-11-12-13-14-15-16-17-18(19)20;1-3-5-7-9-11-13-15-17-16-14-12-10-8-6-4-2/h9-10H,2-8,11-17H2,1H3,(H,19,20);3-16H2,1-2H3/b10-9-;.